The van der Waals surface area contributed by atoms with Crippen molar-refractivity contribution in [1.82, 2.24) is 9.80 Å². The fourth-order valence-corrected chi connectivity index (χ4v) is 4.28. The molecule has 2 aliphatic heterocycles. The molecular formula is C23H33N3O3. The standard InChI is InChI=1S/C23H33N3O3/c1-17-8-7-9-18(2)26(16-17)23(29)21(27)24-20-12-10-19(11-13-20)22(28)25-14-5-3-4-6-15-25/h10-13,17-18H,3-9,14-16H2,1-2H3,(H,24,27). The molecule has 2 unspecified atom stereocenters. The zero-order valence-corrected chi connectivity index (χ0v) is 17.7. The number of rotatable bonds is 2. The van der Waals surface area contributed by atoms with Gasteiger partial charge in [0.2, 0.25) is 0 Å². The van der Waals surface area contributed by atoms with E-state index < -0.39 is 11.8 Å². The number of anilines is 1. The molecule has 0 spiro atoms. The number of hydrogen-bond donors (Lipinski definition) is 1. The molecule has 1 N–H and O–H groups in total. The van der Waals surface area contributed by atoms with E-state index in [0.717, 1.165) is 45.2 Å². The predicted molar refractivity (Wildman–Crippen MR) is 114 cm³/mol. The normalized spacial score (nSPS) is 23.1. The largest absolute Gasteiger partial charge is 0.339 e. The van der Waals surface area contributed by atoms with Gasteiger partial charge in [-0.15, -0.1) is 0 Å². The van der Waals surface area contributed by atoms with Crippen LogP contribution in [-0.2, 0) is 9.59 Å². The number of hydrogen-bond acceptors (Lipinski definition) is 3. The van der Waals surface area contributed by atoms with E-state index in [1.54, 1.807) is 29.2 Å². The Morgan fingerprint density at radius 3 is 2.21 bits per heavy atom. The summed E-state index contributed by atoms with van der Waals surface area (Å²) in [6.45, 7) is 6.36. The van der Waals surface area contributed by atoms with Gasteiger partial charge >= 0.3 is 11.8 Å². The zero-order chi connectivity index (χ0) is 20.8. The lowest BCUT2D eigenvalue weighted by molar-refractivity contribution is -0.144. The van der Waals surface area contributed by atoms with Gasteiger partial charge in [-0.3, -0.25) is 14.4 Å². The van der Waals surface area contributed by atoms with Gasteiger partial charge in [-0.25, -0.2) is 0 Å². The van der Waals surface area contributed by atoms with Crippen LogP contribution in [0.3, 0.4) is 0 Å². The van der Waals surface area contributed by atoms with E-state index in [1.165, 1.54) is 12.8 Å². The number of likely N-dealkylation sites (tertiary alicyclic amines) is 2. The van der Waals surface area contributed by atoms with E-state index in [1.807, 2.05) is 11.8 Å². The summed E-state index contributed by atoms with van der Waals surface area (Å²) in [6, 6.07) is 6.93. The van der Waals surface area contributed by atoms with Crippen LogP contribution in [0.4, 0.5) is 5.69 Å². The van der Waals surface area contributed by atoms with Crippen molar-refractivity contribution < 1.29 is 14.4 Å². The average Bonchev–Trinajstić information content (AvgIpc) is 3.08. The molecule has 6 heteroatoms. The van der Waals surface area contributed by atoms with Crippen molar-refractivity contribution in [3.63, 3.8) is 0 Å². The van der Waals surface area contributed by atoms with E-state index in [0.29, 0.717) is 23.7 Å². The minimum atomic E-state index is -0.613. The minimum absolute atomic E-state index is 0.0354. The molecule has 3 amide bonds. The topological polar surface area (TPSA) is 69.7 Å². The Kier molecular flexibility index (Phi) is 7.29. The van der Waals surface area contributed by atoms with E-state index in [9.17, 15) is 14.4 Å². The first-order valence-corrected chi connectivity index (χ1v) is 11.0. The first-order chi connectivity index (χ1) is 14.0. The summed E-state index contributed by atoms with van der Waals surface area (Å²) in [5.74, 6) is -0.650. The molecule has 0 radical (unpaired) electrons. The molecule has 2 heterocycles. The smallest absolute Gasteiger partial charge is 0.313 e. The Balaban J connectivity index is 1.60. The maximum absolute atomic E-state index is 12.7. The van der Waals surface area contributed by atoms with Gasteiger partial charge in [0, 0.05) is 36.9 Å². The van der Waals surface area contributed by atoms with Crippen LogP contribution in [0.1, 0.15) is 69.2 Å². The summed E-state index contributed by atoms with van der Waals surface area (Å²) in [4.78, 5) is 41.5. The number of carbonyl (C=O) groups is 3. The van der Waals surface area contributed by atoms with E-state index in [-0.39, 0.29) is 11.9 Å². The Morgan fingerprint density at radius 2 is 1.55 bits per heavy atom. The molecule has 29 heavy (non-hydrogen) atoms. The van der Waals surface area contributed by atoms with Crippen molar-refractivity contribution in [2.75, 3.05) is 25.0 Å². The Labute approximate surface area is 173 Å². The lowest BCUT2D eigenvalue weighted by atomic mass is 10.1. The number of nitrogens with one attached hydrogen (secondary N) is 1. The molecule has 1 aromatic rings. The van der Waals surface area contributed by atoms with Crippen molar-refractivity contribution in [2.45, 2.75) is 64.8 Å². The third-order valence-corrected chi connectivity index (χ3v) is 6.10. The summed E-state index contributed by atoms with van der Waals surface area (Å²) in [5.41, 5.74) is 1.15. The Morgan fingerprint density at radius 1 is 0.897 bits per heavy atom. The summed E-state index contributed by atoms with van der Waals surface area (Å²) >= 11 is 0. The zero-order valence-electron chi connectivity index (χ0n) is 17.7. The molecular weight excluding hydrogens is 366 g/mol. The second kappa shape index (κ2) is 9.90. The fourth-order valence-electron chi connectivity index (χ4n) is 4.28. The van der Waals surface area contributed by atoms with Gasteiger partial charge in [0.05, 0.1) is 0 Å². The van der Waals surface area contributed by atoms with Gasteiger partial charge < -0.3 is 15.1 Å². The SMILES string of the molecule is CC1CCCC(C)N(C(=O)C(=O)Nc2ccc(C(=O)N3CCCCCC3)cc2)C1. The van der Waals surface area contributed by atoms with Crippen molar-refractivity contribution in [3.05, 3.63) is 29.8 Å². The van der Waals surface area contributed by atoms with Crippen molar-refractivity contribution >= 4 is 23.4 Å². The van der Waals surface area contributed by atoms with Crippen molar-refractivity contribution in [2.24, 2.45) is 5.92 Å². The Bertz CT molecular complexity index is 723. The second-order valence-corrected chi connectivity index (χ2v) is 8.58. The quantitative estimate of drug-likeness (QED) is 0.772. The van der Waals surface area contributed by atoms with Crippen LogP contribution >= 0.6 is 0 Å². The molecule has 2 atom stereocenters. The van der Waals surface area contributed by atoms with Gasteiger partial charge in [-0.05, 0) is 62.8 Å². The van der Waals surface area contributed by atoms with Crippen LogP contribution in [-0.4, -0.2) is 53.2 Å². The second-order valence-electron chi connectivity index (χ2n) is 8.58. The van der Waals surface area contributed by atoms with Crippen LogP contribution in [0.2, 0.25) is 0 Å². The first kappa shape index (κ1) is 21.3. The lowest BCUT2D eigenvalue weighted by Gasteiger charge is -2.28. The van der Waals surface area contributed by atoms with Crippen molar-refractivity contribution in [1.29, 1.82) is 0 Å². The van der Waals surface area contributed by atoms with E-state index >= 15 is 0 Å². The number of nitrogens with zero attached hydrogens (tertiary/aromatic N) is 2. The summed E-state index contributed by atoms with van der Waals surface area (Å²) in [5, 5.41) is 2.70. The number of carbonyl (C=O) groups excluding carboxylic acids is 3. The molecule has 2 fully saturated rings. The van der Waals surface area contributed by atoms with Crippen molar-refractivity contribution in [3.8, 4) is 0 Å². The molecule has 0 aromatic heterocycles. The summed E-state index contributed by atoms with van der Waals surface area (Å²) < 4.78 is 0. The lowest BCUT2D eigenvalue weighted by Crippen LogP contribution is -2.45. The van der Waals surface area contributed by atoms with E-state index in [4.69, 9.17) is 0 Å². The van der Waals surface area contributed by atoms with Gasteiger partial charge in [0.15, 0.2) is 0 Å². The molecule has 0 bridgehead atoms. The minimum Gasteiger partial charge on any atom is -0.339 e. The maximum Gasteiger partial charge on any atom is 0.313 e. The molecule has 158 valence electrons. The highest BCUT2D eigenvalue weighted by molar-refractivity contribution is 6.39. The molecule has 2 saturated heterocycles. The molecule has 6 nitrogen and oxygen atoms in total. The van der Waals surface area contributed by atoms with Gasteiger partial charge in [-0.2, -0.15) is 0 Å². The first-order valence-electron chi connectivity index (χ1n) is 11.0. The highest BCUT2D eigenvalue weighted by Gasteiger charge is 2.29. The third-order valence-electron chi connectivity index (χ3n) is 6.10. The van der Waals surface area contributed by atoms with Crippen LogP contribution in [0, 0.1) is 5.92 Å². The third kappa shape index (κ3) is 5.58. The summed E-state index contributed by atoms with van der Waals surface area (Å²) in [6.07, 6.45) is 7.55. The van der Waals surface area contributed by atoms with Gasteiger partial charge in [-0.1, -0.05) is 26.2 Å². The number of amides is 3. The van der Waals surface area contributed by atoms with Gasteiger partial charge in [0.1, 0.15) is 0 Å². The van der Waals surface area contributed by atoms with E-state index in [2.05, 4.69) is 12.2 Å². The molecule has 2 aliphatic rings. The summed E-state index contributed by atoms with van der Waals surface area (Å²) in [7, 11) is 0. The average molecular weight is 400 g/mol. The highest BCUT2D eigenvalue weighted by Crippen LogP contribution is 2.21. The van der Waals surface area contributed by atoms with Crippen LogP contribution in [0.25, 0.3) is 0 Å². The fraction of sp³-hybridized carbons (Fsp3) is 0.609. The number of benzene rings is 1. The van der Waals surface area contributed by atoms with Gasteiger partial charge in [0.25, 0.3) is 5.91 Å². The maximum atomic E-state index is 12.7. The predicted octanol–water partition coefficient (Wildman–Crippen LogP) is 3.68. The van der Waals surface area contributed by atoms with Crippen LogP contribution < -0.4 is 5.32 Å². The van der Waals surface area contributed by atoms with Crippen LogP contribution in [0.15, 0.2) is 24.3 Å². The monoisotopic (exact) mass is 399 g/mol. The molecule has 0 saturated carbocycles. The molecule has 1 aromatic carbocycles. The van der Waals surface area contributed by atoms with Crippen LogP contribution in [0.5, 0.6) is 0 Å². The highest BCUT2D eigenvalue weighted by atomic mass is 16.2. The molecule has 3 rings (SSSR count). The Hall–Kier alpha value is -2.37. The molecule has 0 aliphatic carbocycles.